The number of carboxylic acid groups (broad SMARTS) is 1. The average Bonchev–Trinajstić information content (AvgIpc) is 3.08. The first-order chi connectivity index (χ1) is 25.4. The number of carbonyl (C=O) groups excluding carboxylic acids is 8. The second-order valence-corrected chi connectivity index (χ2v) is 15.0. The molecule has 0 rings (SSSR count). The van der Waals surface area contributed by atoms with Crippen molar-refractivity contribution in [3.05, 3.63) is 0 Å². The van der Waals surface area contributed by atoms with Crippen LogP contribution in [0.1, 0.15) is 107 Å². The highest BCUT2D eigenvalue weighted by atomic mass is 16.4. The summed E-state index contributed by atoms with van der Waals surface area (Å²) in [6, 6.07) is -8.68. The third kappa shape index (κ3) is 18.9. The summed E-state index contributed by atoms with van der Waals surface area (Å²) in [5.74, 6) is -8.58. The maximum atomic E-state index is 13.8. The normalized spacial score (nSPS) is 16.1. The van der Waals surface area contributed by atoms with Crippen LogP contribution in [0.2, 0.25) is 0 Å². The van der Waals surface area contributed by atoms with Gasteiger partial charge in [0.25, 0.3) is 0 Å². The van der Waals surface area contributed by atoms with E-state index in [1.54, 1.807) is 55.4 Å². The van der Waals surface area contributed by atoms with Crippen molar-refractivity contribution in [1.29, 1.82) is 0 Å². The number of primary amides is 2. The van der Waals surface area contributed by atoms with Crippen molar-refractivity contribution in [2.24, 2.45) is 40.9 Å². The highest BCUT2D eigenvalue weighted by Crippen LogP contribution is 2.13. The molecule has 0 aliphatic heterocycles. The molecule has 0 unspecified atom stereocenters. The fourth-order valence-corrected chi connectivity index (χ4v) is 5.38. The fraction of sp³-hybridized carbons (Fsp3) is 0.750. The minimum atomic E-state index is -1.40. The molecule has 0 fully saturated rings. The predicted molar refractivity (Wildman–Crippen MR) is 203 cm³/mol. The van der Waals surface area contributed by atoms with E-state index in [4.69, 9.17) is 17.2 Å². The highest BCUT2D eigenvalue weighted by molar-refractivity contribution is 5.97. The summed E-state index contributed by atoms with van der Waals surface area (Å²) in [5, 5.41) is 24.8. The highest BCUT2D eigenvalue weighted by Gasteiger charge is 2.35. The largest absolute Gasteiger partial charge is 0.480 e. The minimum Gasteiger partial charge on any atom is -0.480 e. The summed E-state index contributed by atoms with van der Waals surface area (Å²) >= 11 is 0. The predicted octanol–water partition coefficient (Wildman–Crippen LogP) is -1.35. The minimum absolute atomic E-state index is 0.0994. The quantitative estimate of drug-likeness (QED) is 0.0489. The van der Waals surface area contributed by atoms with Gasteiger partial charge in [-0.3, -0.25) is 38.4 Å². The first-order valence-corrected chi connectivity index (χ1v) is 18.8. The van der Waals surface area contributed by atoms with Crippen molar-refractivity contribution >= 4 is 53.2 Å². The summed E-state index contributed by atoms with van der Waals surface area (Å²) in [6.45, 7) is 15.5. The van der Waals surface area contributed by atoms with E-state index in [1.807, 2.05) is 0 Å². The molecule has 0 bridgehead atoms. The summed E-state index contributed by atoms with van der Waals surface area (Å²) < 4.78 is 0. The Bertz CT molecular complexity index is 1360. The van der Waals surface area contributed by atoms with Gasteiger partial charge in [-0.1, -0.05) is 68.2 Å². The Balaban J connectivity index is 6.26. The van der Waals surface area contributed by atoms with Gasteiger partial charge < -0.3 is 54.2 Å². The van der Waals surface area contributed by atoms with Crippen LogP contribution in [0.25, 0.3) is 0 Å². The lowest BCUT2D eigenvalue weighted by Crippen LogP contribution is -2.60. The van der Waals surface area contributed by atoms with E-state index in [9.17, 15) is 48.3 Å². The zero-order chi connectivity index (χ0) is 42.7. The van der Waals surface area contributed by atoms with Crippen LogP contribution >= 0.6 is 0 Å². The molecule has 0 aromatic rings. The summed E-state index contributed by atoms with van der Waals surface area (Å²) in [6.07, 6.45) is 0.0754. The zero-order valence-electron chi connectivity index (χ0n) is 33.7. The Morgan fingerprint density at radius 2 is 0.945 bits per heavy atom. The van der Waals surface area contributed by atoms with Crippen molar-refractivity contribution in [2.45, 2.75) is 150 Å². The Morgan fingerprint density at radius 3 is 1.38 bits per heavy atom. The number of carbonyl (C=O) groups is 9. The van der Waals surface area contributed by atoms with Crippen molar-refractivity contribution < 1.29 is 48.3 Å². The van der Waals surface area contributed by atoms with Gasteiger partial charge in [0.2, 0.25) is 47.3 Å². The molecule has 9 atom stereocenters. The number of hydrogen-bond donors (Lipinski definition) is 10. The smallest absolute Gasteiger partial charge is 0.326 e. The number of nitrogens with two attached hydrogens (primary N) is 3. The zero-order valence-corrected chi connectivity index (χ0v) is 33.7. The third-order valence-corrected chi connectivity index (χ3v) is 9.07. The number of amides is 8. The standard InChI is InChI=1S/C36H65N9O10/c1-10-19(7)28(44-31(49)22(37)16-27(39)47)35(53)43-25(15-18(5)6)34(52)41-23(12-13-26(38)46)32(50)42-24(14-17(3)4)33(51)40-21(9)30(48)45-29(36(54)55)20(8)11-2/h17-25,28-29H,10-16,37H2,1-9H3,(H2,38,46)(H2,39,47)(H,40,51)(H,41,52)(H,42,50)(H,43,53)(H,44,49)(H,45,48)(H,54,55)/t19-,20-,21-,22-,23-,24-,25-,28-,29-/m0/s1. The van der Waals surface area contributed by atoms with Gasteiger partial charge in [-0.15, -0.1) is 0 Å². The van der Waals surface area contributed by atoms with E-state index in [0.717, 1.165) is 0 Å². The Hall–Kier alpha value is -4.81. The van der Waals surface area contributed by atoms with Gasteiger partial charge >= 0.3 is 5.97 Å². The van der Waals surface area contributed by atoms with Crippen molar-refractivity contribution in [2.75, 3.05) is 0 Å². The van der Waals surface area contributed by atoms with Crippen LogP contribution in [0.5, 0.6) is 0 Å². The van der Waals surface area contributed by atoms with Crippen LogP contribution in [0.3, 0.4) is 0 Å². The van der Waals surface area contributed by atoms with E-state index < -0.39 is 108 Å². The maximum Gasteiger partial charge on any atom is 0.326 e. The van der Waals surface area contributed by atoms with Gasteiger partial charge in [0.05, 0.1) is 12.5 Å². The molecule has 0 aliphatic rings. The van der Waals surface area contributed by atoms with Crippen molar-refractivity contribution in [3.8, 4) is 0 Å². The molecule has 0 radical (unpaired) electrons. The third-order valence-electron chi connectivity index (χ3n) is 9.07. The lowest BCUT2D eigenvalue weighted by atomic mass is 9.96. The van der Waals surface area contributed by atoms with E-state index >= 15 is 0 Å². The van der Waals surface area contributed by atoms with Crippen LogP contribution in [0.15, 0.2) is 0 Å². The van der Waals surface area contributed by atoms with Gasteiger partial charge in [0.15, 0.2) is 0 Å². The van der Waals surface area contributed by atoms with Gasteiger partial charge in [0, 0.05) is 6.42 Å². The van der Waals surface area contributed by atoms with E-state index in [2.05, 4.69) is 31.9 Å². The molecule has 0 aromatic heterocycles. The molecule has 0 aromatic carbocycles. The lowest BCUT2D eigenvalue weighted by molar-refractivity contribution is -0.143. The van der Waals surface area contributed by atoms with Crippen molar-refractivity contribution in [3.63, 3.8) is 0 Å². The topological polar surface area (TPSA) is 324 Å². The molecule has 8 amide bonds. The fourth-order valence-electron chi connectivity index (χ4n) is 5.38. The molecule has 0 heterocycles. The second-order valence-electron chi connectivity index (χ2n) is 15.0. The first kappa shape index (κ1) is 50.2. The molecule has 0 saturated carbocycles. The van der Waals surface area contributed by atoms with Gasteiger partial charge in [0.1, 0.15) is 36.3 Å². The molecule has 19 nitrogen and oxygen atoms in total. The molecule has 314 valence electrons. The molecule has 19 heteroatoms. The molecule has 0 spiro atoms. The van der Waals surface area contributed by atoms with Crippen LogP contribution in [-0.4, -0.2) is 101 Å². The molecular formula is C36H65N9O10. The monoisotopic (exact) mass is 783 g/mol. The molecule has 0 aliphatic carbocycles. The SMILES string of the molecule is CC[C@H](C)[C@H](NC(=O)[C@H](C)NC(=O)[C@H](CC(C)C)NC(=O)[C@H](CCC(N)=O)NC(=O)[C@H](CC(C)C)NC(=O)[C@@H](NC(=O)[C@@H](N)CC(N)=O)[C@@H](C)CC)C(=O)O. The number of hydrogen-bond acceptors (Lipinski definition) is 10. The summed E-state index contributed by atoms with van der Waals surface area (Å²) in [5.41, 5.74) is 16.3. The summed E-state index contributed by atoms with van der Waals surface area (Å²) in [4.78, 5) is 115. The number of rotatable bonds is 26. The average molecular weight is 784 g/mol. The summed E-state index contributed by atoms with van der Waals surface area (Å²) in [7, 11) is 0. The molecule has 0 saturated heterocycles. The number of nitrogens with one attached hydrogen (secondary N) is 6. The molecule has 13 N–H and O–H groups in total. The lowest BCUT2D eigenvalue weighted by Gasteiger charge is -2.29. The Labute approximate surface area is 323 Å². The Morgan fingerprint density at radius 1 is 0.527 bits per heavy atom. The number of aliphatic carboxylic acids is 1. The van der Waals surface area contributed by atoms with E-state index in [1.165, 1.54) is 6.92 Å². The van der Waals surface area contributed by atoms with E-state index in [-0.39, 0.29) is 43.4 Å². The maximum absolute atomic E-state index is 13.8. The van der Waals surface area contributed by atoms with E-state index in [0.29, 0.717) is 12.8 Å². The van der Waals surface area contributed by atoms with Crippen LogP contribution < -0.4 is 49.1 Å². The second kappa shape index (κ2) is 24.6. The van der Waals surface area contributed by atoms with Crippen LogP contribution in [-0.2, 0) is 43.2 Å². The van der Waals surface area contributed by atoms with Crippen LogP contribution in [0.4, 0.5) is 0 Å². The van der Waals surface area contributed by atoms with Gasteiger partial charge in [-0.25, -0.2) is 4.79 Å². The molecular weight excluding hydrogens is 718 g/mol. The van der Waals surface area contributed by atoms with Gasteiger partial charge in [-0.2, -0.15) is 0 Å². The number of carboxylic acids is 1. The van der Waals surface area contributed by atoms with Gasteiger partial charge in [-0.05, 0) is 49.9 Å². The van der Waals surface area contributed by atoms with Crippen LogP contribution in [0, 0.1) is 23.7 Å². The molecule has 55 heavy (non-hydrogen) atoms. The van der Waals surface area contributed by atoms with Crippen molar-refractivity contribution in [1.82, 2.24) is 31.9 Å². The Kier molecular flexibility index (Phi) is 22.4. The first-order valence-electron chi connectivity index (χ1n) is 18.8.